The quantitative estimate of drug-likeness (QED) is 0.560. The molecule has 0 saturated carbocycles. The number of nitrogens with one attached hydrogen (secondary N) is 1. The molecule has 0 aliphatic rings. The van der Waals surface area contributed by atoms with Crippen LogP contribution in [0.4, 0.5) is 5.69 Å². The minimum absolute atomic E-state index is 0.0822. The Hall–Kier alpha value is -1.75. The molecular weight excluding hydrogens is 373 g/mol. The molecule has 2 aromatic rings. The molecule has 2 aromatic carbocycles. The van der Waals surface area contributed by atoms with Gasteiger partial charge in [-0.2, -0.15) is 0 Å². The number of ether oxygens (including phenoxy) is 1. The first kappa shape index (κ1) is 18.6. The van der Waals surface area contributed by atoms with Crippen LogP contribution in [-0.4, -0.2) is 18.0 Å². The molecule has 0 fully saturated rings. The molecule has 1 N–H and O–H groups in total. The third-order valence-corrected chi connectivity index (χ3v) is 4.11. The minimum atomic E-state index is -0.495. The van der Waals surface area contributed by atoms with Crippen LogP contribution in [0.25, 0.3) is 0 Å². The Morgan fingerprint density at radius 3 is 2.12 bits per heavy atom. The van der Waals surface area contributed by atoms with E-state index in [1.807, 2.05) is 0 Å². The smallest absolute Gasteiger partial charge is 0.338 e. The molecule has 0 bridgehead atoms. The zero-order valence-corrected chi connectivity index (χ0v) is 15.2. The van der Waals surface area contributed by atoms with Gasteiger partial charge in [0.05, 0.1) is 32.3 Å². The van der Waals surface area contributed by atoms with Crippen molar-refractivity contribution in [1.29, 1.82) is 0 Å². The van der Waals surface area contributed by atoms with Crippen molar-refractivity contribution in [3.8, 4) is 0 Å². The highest BCUT2D eigenvalue weighted by molar-refractivity contribution is 6.46. The van der Waals surface area contributed by atoms with E-state index in [0.717, 1.165) is 0 Å². The Kier molecular flexibility index (Phi) is 6.10. The van der Waals surface area contributed by atoms with E-state index in [2.05, 4.69) is 5.32 Å². The lowest BCUT2D eigenvalue weighted by atomic mass is 10.1. The van der Waals surface area contributed by atoms with E-state index >= 15 is 0 Å². The highest BCUT2D eigenvalue weighted by atomic mass is 35.5. The first-order chi connectivity index (χ1) is 11.3. The minimum Gasteiger partial charge on any atom is -0.459 e. The molecule has 126 valence electrons. The number of amides is 1. The number of esters is 1. The maximum Gasteiger partial charge on any atom is 0.338 e. The monoisotopic (exact) mass is 385 g/mol. The number of benzene rings is 2. The summed E-state index contributed by atoms with van der Waals surface area (Å²) in [7, 11) is 0. The predicted molar refractivity (Wildman–Crippen MR) is 96.4 cm³/mol. The molecule has 4 nitrogen and oxygen atoms in total. The van der Waals surface area contributed by atoms with Crippen molar-refractivity contribution in [2.75, 3.05) is 5.32 Å². The summed E-state index contributed by atoms with van der Waals surface area (Å²) in [6.45, 7) is 3.54. The molecule has 1 amide bonds. The number of rotatable bonds is 4. The van der Waals surface area contributed by atoms with Gasteiger partial charge in [-0.1, -0.05) is 34.8 Å². The van der Waals surface area contributed by atoms with E-state index < -0.39 is 11.9 Å². The second-order valence-corrected chi connectivity index (χ2v) is 6.40. The van der Waals surface area contributed by atoms with Crippen molar-refractivity contribution >= 4 is 52.4 Å². The second kappa shape index (κ2) is 7.88. The maximum absolute atomic E-state index is 12.3. The zero-order chi connectivity index (χ0) is 17.9. The van der Waals surface area contributed by atoms with Gasteiger partial charge >= 0.3 is 5.97 Å². The average molecular weight is 387 g/mol. The first-order valence-corrected chi connectivity index (χ1v) is 8.19. The summed E-state index contributed by atoms with van der Waals surface area (Å²) >= 11 is 18.0. The van der Waals surface area contributed by atoms with E-state index in [-0.39, 0.29) is 26.7 Å². The number of anilines is 1. The second-order valence-electron chi connectivity index (χ2n) is 5.20. The van der Waals surface area contributed by atoms with Crippen molar-refractivity contribution in [2.45, 2.75) is 20.0 Å². The Balaban J connectivity index is 2.16. The first-order valence-electron chi connectivity index (χ1n) is 7.05. The van der Waals surface area contributed by atoms with Gasteiger partial charge in [0, 0.05) is 5.69 Å². The van der Waals surface area contributed by atoms with E-state index in [1.165, 1.54) is 12.1 Å². The Labute approximate surface area is 154 Å². The topological polar surface area (TPSA) is 55.4 Å². The Bertz CT molecular complexity index is 773. The van der Waals surface area contributed by atoms with Crippen LogP contribution in [0.3, 0.4) is 0 Å². The van der Waals surface area contributed by atoms with Crippen LogP contribution < -0.4 is 5.32 Å². The van der Waals surface area contributed by atoms with Crippen LogP contribution in [0.2, 0.25) is 15.1 Å². The predicted octanol–water partition coefficient (Wildman–Crippen LogP) is 5.46. The fourth-order valence-corrected chi connectivity index (χ4v) is 2.60. The highest BCUT2D eigenvalue weighted by Crippen LogP contribution is 2.32. The van der Waals surface area contributed by atoms with Gasteiger partial charge in [0.1, 0.15) is 0 Å². The van der Waals surface area contributed by atoms with Gasteiger partial charge in [-0.3, -0.25) is 4.79 Å². The van der Waals surface area contributed by atoms with Gasteiger partial charge in [-0.05, 0) is 50.2 Å². The number of hydrogen-bond donors (Lipinski definition) is 1. The molecule has 0 spiro atoms. The van der Waals surface area contributed by atoms with Gasteiger partial charge in [-0.15, -0.1) is 0 Å². The average Bonchev–Trinajstić information content (AvgIpc) is 2.51. The molecule has 24 heavy (non-hydrogen) atoms. The number of carbonyl (C=O) groups is 2. The fraction of sp³-hybridized carbons (Fsp3) is 0.176. The molecule has 0 heterocycles. The molecule has 0 aliphatic heterocycles. The molecule has 0 saturated heterocycles. The molecule has 0 unspecified atom stereocenters. The summed E-state index contributed by atoms with van der Waals surface area (Å²) < 4.78 is 5.10. The largest absolute Gasteiger partial charge is 0.459 e. The summed E-state index contributed by atoms with van der Waals surface area (Å²) in [5.41, 5.74) is 0.961. The standard InChI is InChI=1S/C17H14Cl3NO3/c1-9(2)24-17(23)10-3-5-11(6-4-10)21-16(22)14-12(18)7-8-13(19)15(14)20/h3-9H,1-2H3,(H,21,22). The molecule has 7 heteroatoms. The lowest BCUT2D eigenvalue weighted by Gasteiger charge is -2.11. The fourth-order valence-electron chi connectivity index (χ4n) is 1.90. The van der Waals surface area contributed by atoms with E-state index in [1.54, 1.807) is 38.1 Å². The van der Waals surface area contributed by atoms with Crippen LogP contribution in [0, 0.1) is 0 Å². The van der Waals surface area contributed by atoms with Crippen LogP contribution in [-0.2, 0) is 4.74 Å². The molecule has 0 aliphatic carbocycles. The lowest BCUT2D eigenvalue weighted by Crippen LogP contribution is -2.14. The van der Waals surface area contributed by atoms with Crippen LogP contribution >= 0.6 is 34.8 Å². The van der Waals surface area contributed by atoms with Gasteiger partial charge in [0.15, 0.2) is 0 Å². The normalized spacial score (nSPS) is 10.6. The van der Waals surface area contributed by atoms with Crippen molar-refractivity contribution in [3.05, 3.63) is 62.6 Å². The molecular formula is C17H14Cl3NO3. The SMILES string of the molecule is CC(C)OC(=O)c1ccc(NC(=O)c2c(Cl)ccc(Cl)c2Cl)cc1. The summed E-state index contributed by atoms with van der Waals surface area (Å²) in [6, 6.07) is 9.29. The van der Waals surface area contributed by atoms with E-state index in [0.29, 0.717) is 11.3 Å². The Morgan fingerprint density at radius 2 is 1.54 bits per heavy atom. The van der Waals surface area contributed by atoms with Crippen LogP contribution in [0.1, 0.15) is 34.6 Å². The van der Waals surface area contributed by atoms with Gasteiger partial charge in [0.2, 0.25) is 0 Å². The molecule has 0 radical (unpaired) electrons. The van der Waals surface area contributed by atoms with Crippen LogP contribution in [0.5, 0.6) is 0 Å². The number of halogens is 3. The van der Waals surface area contributed by atoms with Gasteiger partial charge in [0.25, 0.3) is 5.91 Å². The van der Waals surface area contributed by atoms with Crippen molar-refractivity contribution in [1.82, 2.24) is 0 Å². The molecule has 0 atom stereocenters. The Morgan fingerprint density at radius 1 is 0.958 bits per heavy atom. The van der Waals surface area contributed by atoms with Crippen LogP contribution in [0.15, 0.2) is 36.4 Å². The third kappa shape index (κ3) is 4.41. The molecule has 2 rings (SSSR count). The molecule has 0 aromatic heterocycles. The van der Waals surface area contributed by atoms with Crippen molar-refractivity contribution < 1.29 is 14.3 Å². The van der Waals surface area contributed by atoms with Crippen molar-refractivity contribution in [2.24, 2.45) is 0 Å². The van der Waals surface area contributed by atoms with Gasteiger partial charge in [-0.25, -0.2) is 4.79 Å². The van der Waals surface area contributed by atoms with E-state index in [9.17, 15) is 9.59 Å². The number of hydrogen-bond acceptors (Lipinski definition) is 3. The van der Waals surface area contributed by atoms with E-state index in [4.69, 9.17) is 39.5 Å². The summed E-state index contributed by atoms with van der Waals surface area (Å²) in [5, 5.41) is 3.17. The highest BCUT2D eigenvalue weighted by Gasteiger charge is 2.17. The maximum atomic E-state index is 12.3. The number of carbonyl (C=O) groups excluding carboxylic acids is 2. The lowest BCUT2D eigenvalue weighted by molar-refractivity contribution is 0.0378. The summed E-state index contributed by atoms with van der Waals surface area (Å²) in [5.74, 6) is -0.922. The zero-order valence-electron chi connectivity index (χ0n) is 12.9. The third-order valence-electron chi connectivity index (χ3n) is 2.99. The summed E-state index contributed by atoms with van der Waals surface area (Å²) in [4.78, 5) is 24.1. The van der Waals surface area contributed by atoms with Crippen molar-refractivity contribution in [3.63, 3.8) is 0 Å². The van der Waals surface area contributed by atoms with Gasteiger partial charge < -0.3 is 10.1 Å². The summed E-state index contributed by atoms with van der Waals surface area (Å²) in [6.07, 6.45) is -0.205.